The quantitative estimate of drug-likeness (QED) is 0.219. The van der Waals surface area contributed by atoms with Gasteiger partial charge in [-0.05, 0) is 49.2 Å². The molecule has 0 atom stereocenters. The number of aliphatic carboxylic acids is 1. The van der Waals surface area contributed by atoms with Crippen molar-refractivity contribution in [3.63, 3.8) is 0 Å². The molecule has 0 aliphatic carbocycles. The molecule has 2 rings (SSSR count). The molecule has 0 aliphatic rings. The van der Waals surface area contributed by atoms with E-state index >= 15 is 0 Å². The molecule has 0 aromatic heterocycles. The Balaban J connectivity index is 2.60. The lowest BCUT2D eigenvalue weighted by molar-refractivity contribution is -0.139. The number of nitrogens with one attached hydrogen (secondary N) is 1. The van der Waals surface area contributed by atoms with Crippen LogP contribution in [0.5, 0.6) is 0 Å². The van der Waals surface area contributed by atoms with Crippen LogP contribution in [0.3, 0.4) is 0 Å². The largest absolute Gasteiger partial charge is 0.478 e. The number of benzene rings is 2. The number of carboxylic acid groups (broad SMARTS) is 1. The molecule has 2 aromatic rings. The van der Waals surface area contributed by atoms with Gasteiger partial charge in [-0.25, -0.2) is 4.79 Å². The number of anilines is 2. The van der Waals surface area contributed by atoms with Crippen LogP contribution in [-0.2, 0) is 21.9 Å². The highest BCUT2D eigenvalue weighted by Crippen LogP contribution is 2.44. The minimum Gasteiger partial charge on any atom is -0.478 e. The Kier molecular flexibility index (Phi) is 7.26. The molecule has 0 spiro atoms. The maximum Gasteiger partial charge on any atom is 0.417 e. The molecule has 176 valence electrons. The van der Waals surface area contributed by atoms with E-state index in [1.807, 2.05) is 0 Å². The van der Waals surface area contributed by atoms with Crippen LogP contribution in [0.15, 0.2) is 59.7 Å². The molecule has 11 heteroatoms. The third-order valence-corrected chi connectivity index (χ3v) is 4.56. The SMILES string of the molecule is C/C=C(C(=O)O)\C(=C/C)C(=O)Nc1ccc(-c2ccc(N)cc2C(F)(F)F)c(C(F)(F)F)c1. The minimum atomic E-state index is -5.07. The average Bonchev–Trinajstić information content (AvgIpc) is 2.70. The smallest absolute Gasteiger partial charge is 0.417 e. The fourth-order valence-corrected chi connectivity index (χ4v) is 3.12. The number of nitrogens with two attached hydrogens (primary N) is 1. The molecule has 4 N–H and O–H groups in total. The number of carbonyl (C=O) groups excluding carboxylic acids is 1. The van der Waals surface area contributed by atoms with Crippen molar-refractivity contribution in [3.8, 4) is 11.1 Å². The van der Waals surface area contributed by atoms with Crippen LogP contribution < -0.4 is 11.1 Å². The van der Waals surface area contributed by atoms with Gasteiger partial charge in [0, 0.05) is 16.9 Å². The van der Waals surface area contributed by atoms with E-state index in [-0.39, 0.29) is 22.5 Å². The van der Waals surface area contributed by atoms with Crippen LogP contribution in [0.4, 0.5) is 37.7 Å². The third-order valence-electron chi connectivity index (χ3n) is 4.56. The van der Waals surface area contributed by atoms with E-state index in [4.69, 9.17) is 5.73 Å². The normalized spacial score (nSPS) is 13.1. The summed E-state index contributed by atoms with van der Waals surface area (Å²) in [5.41, 5.74) is -0.243. The van der Waals surface area contributed by atoms with Crippen molar-refractivity contribution in [2.45, 2.75) is 26.2 Å². The van der Waals surface area contributed by atoms with Gasteiger partial charge in [0.1, 0.15) is 0 Å². The maximum absolute atomic E-state index is 13.8. The summed E-state index contributed by atoms with van der Waals surface area (Å²) in [6.45, 7) is 2.73. The Morgan fingerprint density at radius 1 is 0.848 bits per heavy atom. The molecule has 1 amide bonds. The van der Waals surface area contributed by atoms with Gasteiger partial charge in [-0.1, -0.05) is 24.3 Å². The zero-order valence-electron chi connectivity index (χ0n) is 17.2. The summed E-state index contributed by atoms with van der Waals surface area (Å²) in [7, 11) is 0. The van der Waals surface area contributed by atoms with Crippen LogP contribution >= 0.6 is 0 Å². The van der Waals surface area contributed by atoms with Crippen LogP contribution in [0.1, 0.15) is 25.0 Å². The summed E-state index contributed by atoms with van der Waals surface area (Å²) in [5.74, 6) is -2.42. The summed E-state index contributed by atoms with van der Waals surface area (Å²) >= 11 is 0. The fourth-order valence-electron chi connectivity index (χ4n) is 3.12. The fraction of sp³-hybridized carbons (Fsp3) is 0.182. The molecule has 0 aliphatic heterocycles. The Morgan fingerprint density at radius 2 is 1.33 bits per heavy atom. The van der Waals surface area contributed by atoms with Crippen molar-refractivity contribution in [2.75, 3.05) is 11.1 Å². The van der Waals surface area contributed by atoms with Crippen molar-refractivity contribution in [1.29, 1.82) is 0 Å². The van der Waals surface area contributed by atoms with E-state index < -0.39 is 46.5 Å². The number of hydrogen-bond donors (Lipinski definition) is 3. The van der Waals surface area contributed by atoms with Gasteiger partial charge in [-0.3, -0.25) is 4.79 Å². The van der Waals surface area contributed by atoms with Crippen molar-refractivity contribution in [2.24, 2.45) is 0 Å². The van der Waals surface area contributed by atoms with Gasteiger partial charge in [0.15, 0.2) is 0 Å². The standard InChI is InChI=1S/C22H18F6N2O3/c1-3-13(14(4-2)20(32)33)19(31)30-12-6-8-16(18(10-12)22(26,27)28)15-7-5-11(29)9-17(15)21(23,24)25/h3-10H,29H2,1-2H3,(H,30,31)(H,32,33)/b13-3+,14-4+. The molecule has 0 radical (unpaired) electrons. The molecule has 2 aromatic carbocycles. The van der Waals surface area contributed by atoms with Crippen LogP contribution in [0.25, 0.3) is 11.1 Å². The lowest BCUT2D eigenvalue weighted by Crippen LogP contribution is -2.19. The predicted molar refractivity (Wildman–Crippen MR) is 110 cm³/mol. The van der Waals surface area contributed by atoms with Crippen molar-refractivity contribution < 1.29 is 41.0 Å². The second kappa shape index (κ2) is 9.39. The Bertz CT molecular complexity index is 1150. The molecule has 0 heterocycles. The number of amides is 1. The van der Waals surface area contributed by atoms with Gasteiger partial charge in [-0.15, -0.1) is 0 Å². The number of allylic oxidation sites excluding steroid dienone is 2. The van der Waals surface area contributed by atoms with Crippen molar-refractivity contribution in [1.82, 2.24) is 0 Å². The summed E-state index contributed by atoms with van der Waals surface area (Å²) in [4.78, 5) is 23.7. The molecule has 0 fully saturated rings. The molecule has 0 bridgehead atoms. The number of nitrogen functional groups attached to an aromatic ring is 1. The second-order valence-electron chi connectivity index (χ2n) is 6.72. The number of carboxylic acids is 1. The molecule has 0 unspecified atom stereocenters. The zero-order chi connectivity index (χ0) is 25.1. The van der Waals surface area contributed by atoms with Gasteiger partial charge >= 0.3 is 18.3 Å². The summed E-state index contributed by atoms with van der Waals surface area (Å²) < 4.78 is 81.6. The van der Waals surface area contributed by atoms with E-state index in [9.17, 15) is 41.0 Å². The monoisotopic (exact) mass is 472 g/mol. The van der Waals surface area contributed by atoms with E-state index in [2.05, 4.69) is 5.32 Å². The first-order valence-corrected chi connectivity index (χ1v) is 9.26. The van der Waals surface area contributed by atoms with Crippen LogP contribution in [-0.4, -0.2) is 17.0 Å². The number of rotatable bonds is 5. The van der Waals surface area contributed by atoms with Gasteiger partial charge < -0.3 is 16.2 Å². The van der Waals surface area contributed by atoms with Gasteiger partial charge in [0.2, 0.25) is 0 Å². The Labute approximate surface area is 184 Å². The molecular weight excluding hydrogens is 454 g/mol. The highest BCUT2D eigenvalue weighted by atomic mass is 19.4. The zero-order valence-corrected chi connectivity index (χ0v) is 17.2. The molecule has 5 nitrogen and oxygen atoms in total. The topological polar surface area (TPSA) is 92.4 Å². The van der Waals surface area contributed by atoms with Crippen molar-refractivity contribution in [3.05, 3.63) is 70.8 Å². The molecule has 33 heavy (non-hydrogen) atoms. The first-order valence-electron chi connectivity index (χ1n) is 9.26. The van der Waals surface area contributed by atoms with E-state index in [0.29, 0.717) is 12.1 Å². The first-order chi connectivity index (χ1) is 15.2. The van der Waals surface area contributed by atoms with Crippen LogP contribution in [0.2, 0.25) is 0 Å². The maximum atomic E-state index is 13.8. The highest BCUT2D eigenvalue weighted by Gasteiger charge is 2.38. The van der Waals surface area contributed by atoms with E-state index in [0.717, 1.165) is 30.3 Å². The van der Waals surface area contributed by atoms with Crippen LogP contribution in [0, 0.1) is 0 Å². The molecule has 0 saturated carbocycles. The third kappa shape index (κ3) is 5.73. The van der Waals surface area contributed by atoms with E-state index in [1.165, 1.54) is 19.9 Å². The summed E-state index contributed by atoms with van der Waals surface area (Å²) in [6.07, 6.45) is -7.73. The lowest BCUT2D eigenvalue weighted by atomic mass is 9.93. The summed E-state index contributed by atoms with van der Waals surface area (Å²) in [6, 6.07) is 4.68. The second-order valence-corrected chi connectivity index (χ2v) is 6.72. The number of alkyl halides is 6. The Morgan fingerprint density at radius 3 is 1.79 bits per heavy atom. The number of halogens is 6. The van der Waals surface area contributed by atoms with Gasteiger partial charge in [0.25, 0.3) is 5.91 Å². The predicted octanol–water partition coefficient (Wildman–Crippen LogP) is 5.89. The number of hydrogen-bond acceptors (Lipinski definition) is 3. The molecule has 0 saturated heterocycles. The van der Waals surface area contributed by atoms with E-state index in [1.54, 1.807) is 0 Å². The summed E-state index contributed by atoms with van der Waals surface area (Å²) in [5, 5.41) is 11.3. The van der Waals surface area contributed by atoms with Gasteiger partial charge in [0.05, 0.1) is 16.7 Å². The highest BCUT2D eigenvalue weighted by molar-refractivity contribution is 6.13. The van der Waals surface area contributed by atoms with Crippen molar-refractivity contribution >= 4 is 23.3 Å². The number of carbonyl (C=O) groups is 2. The molecular formula is C22H18F6N2O3. The first kappa shape index (κ1) is 25.5. The Hall–Kier alpha value is -3.76. The lowest BCUT2D eigenvalue weighted by Gasteiger charge is -2.19. The van der Waals surface area contributed by atoms with Gasteiger partial charge in [-0.2, -0.15) is 26.3 Å². The average molecular weight is 472 g/mol. The minimum absolute atomic E-state index is 0.277.